The third kappa shape index (κ3) is 3.99. The van der Waals surface area contributed by atoms with Gasteiger partial charge in [0.15, 0.2) is 22.1 Å². The lowest BCUT2D eigenvalue weighted by Gasteiger charge is -2.09. The molecule has 0 aliphatic heterocycles. The first-order valence-electron chi connectivity index (χ1n) is 9.91. The van der Waals surface area contributed by atoms with Crippen molar-refractivity contribution >= 4 is 28.7 Å². The second-order valence-corrected chi connectivity index (χ2v) is 8.23. The number of benzene rings is 2. The Kier molecular flexibility index (Phi) is 6.00. The number of fused-ring (bicyclic) bond motifs is 1. The summed E-state index contributed by atoms with van der Waals surface area (Å²) in [5.41, 5.74) is 1.31. The highest BCUT2D eigenvalue weighted by atomic mass is 32.2. The fourth-order valence-electron chi connectivity index (χ4n) is 3.44. The Morgan fingerprint density at radius 2 is 1.69 bits per heavy atom. The molecule has 4 rings (SSSR count). The topological polar surface area (TPSA) is 88.1 Å². The Morgan fingerprint density at radius 1 is 1.00 bits per heavy atom. The van der Waals surface area contributed by atoms with Gasteiger partial charge in [-0.3, -0.25) is 18.7 Å². The summed E-state index contributed by atoms with van der Waals surface area (Å²) in [5, 5.41) is 0.504. The number of carbonyl (C=O) groups is 1. The van der Waals surface area contributed by atoms with Crippen molar-refractivity contribution in [2.75, 3.05) is 12.9 Å². The van der Waals surface area contributed by atoms with Gasteiger partial charge in [-0.05, 0) is 29.8 Å². The van der Waals surface area contributed by atoms with Crippen LogP contribution in [0.1, 0.15) is 15.9 Å². The minimum absolute atomic E-state index is 0.0715. The van der Waals surface area contributed by atoms with Crippen molar-refractivity contribution in [3.8, 4) is 5.75 Å². The van der Waals surface area contributed by atoms with E-state index in [4.69, 9.17) is 4.74 Å². The second-order valence-electron chi connectivity index (χ2n) is 7.28. The Bertz CT molecular complexity index is 1400. The molecule has 8 nitrogen and oxygen atoms in total. The molecule has 0 unspecified atom stereocenters. The fraction of sp³-hybridized carbons (Fsp3) is 0.217. The molecule has 4 aromatic rings. The molecule has 0 spiro atoms. The van der Waals surface area contributed by atoms with Gasteiger partial charge in [0.1, 0.15) is 5.75 Å². The summed E-state index contributed by atoms with van der Waals surface area (Å²) in [7, 11) is 4.60. The van der Waals surface area contributed by atoms with E-state index in [2.05, 4.69) is 4.98 Å². The summed E-state index contributed by atoms with van der Waals surface area (Å²) in [4.78, 5) is 42.6. The first-order valence-corrected chi connectivity index (χ1v) is 10.9. The van der Waals surface area contributed by atoms with Gasteiger partial charge >= 0.3 is 5.69 Å². The minimum atomic E-state index is -0.447. The largest absolute Gasteiger partial charge is 0.497 e. The van der Waals surface area contributed by atoms with Gasteiger partial charge in [-0.25, -0.2) is 9.78 Å². The number of ketones is 1. The Hall–Kier alpha value is -3.59. The van der Waals surface area contributed by atoms with Gasteiger partial charge in [-0.2, -0.15) is 0 Å². The van der Waals surface area contributed by atoms with Crippen LogP contribution in [0.4, 0.5) is 0 Å². The highest BCUT2D eigenvalue weighted by Crippen LogP contribution is 2.24. The van der Waals surface area contributed by atoms with Crippen LogP contribution in [0.15, 0.2) is 69.3 Å². The summed E-state index contributed by atoms with van der Waals surface area (Å²) < 4.78 is 9.34. The van der Waals surface area contributed by atoms with Crippen molar-refractivity contribution < 1.29 is 9.53 Å². The van der Waals surface area contributed by atoms with Crippen molar-refractivity contribution in [2.45, 2.75) is 11.7 Å². The molecule has 0 amide bonds. The lowest BCUT2D eigenvalue weighted by atomic mass is 10.1. The average Bonchev–Trinajstić information content (AvgIpc) is 3.18. The van der Waals surface area contributed by atoms with Crippen LogP contribution in [0.5, 0.6) is 5.75 Å². The van der Waals surface area contributed by atoms with Gasteiger partial charge in [0.05, 0.1) is 19.4 Å². The minimum Gasteiger partial charge on any atom is -0.497 e. The molecule has 0 aliphatic rings. The summed E-state index contributed by atoms with van der Waals surface area (Å²) in [6.45, 7) is 0.393. The average molecular weight is 451 g/mol. The molecule has 0 fully saturated rings. The number of aromatic nitrogens is 4. The third-order valence-corrected chi connectivity index (χ3v) is 6.22. The van der Waals surface area contributed by atoms with Gasteiger partial charge in [0.2, 0.25) is 0 Å². The number of ether oxygens (including phenoxy) is 1. The van der Waals surface area contributed by atoms with Crippen LogP contribution >= 0.6 is 11.8 Å². The van der Waals surface area contributed by atoms with Crippen LogP contribution in [-0.4, -0.2) is 37.3 Å². The second kappa shape index (κ2) is 8.88. The molecular formula is C23H22N4O4S. The normalized spacial score (nSPS) is 11.1. The number of Topliss-reactive ketones (excluding diaryl/α,β-unsaturated/α-hetero) is 1. The van der Waals surface area contributed by atoms with Gasteiger partial charge < -0.3 is 9.30 Å². The maximum atomic E-state index is 12.9. The Balaban J connectivity index is 1.74. The molecule has 0 saturated carbocycles. The molecular weight excluding hydrogens is 428 g/mol. The Labute approximate surface area is 188 Å². The number of nitrogens with zero attached hydrogens (tertiary/aromatic N) is 4. The zero-order valence-corrected chi connectivity index (χ0v) is 18.8. The maximum Gasteiger partial charge on any atom is 0.332 e. The molecule has 32 heavy (non-hydrogen) atoms. The zero-order valence-electron chi connectivity index (χ0n) is 17.9. The van der Waals surface area contributed by atoms with Crippen LogP contribution in [-0.2, 0) is 20.6 Å². The molecule has 9 heteroatoms. The predicted octanol–water partition coefficient (Wildman–Crippen LogP) is 2.47. The van der Waals surface area contributed by atoms with E-state index in [1.807, 2.05) is 30.3 Å². The van der Waals surface area contributed by atoms with E-state index < -0.39 is 11.2 Å². The molecule has 2 aromatic heterocycles. The lowest BCUT2D eigenvalue weighted by molar-refractivity contribution is 0.102. The molecule has 0 radical (unpaired) electrons. The number of rotatable bonds is 7. The summed E-state index contributed by atoms with van der Waals surface area (Å²) >= 11 is 1.24. The molecule has 0 N–H and O–H groups in total. The standard InChI is InChI=1S/C23H22N4O4S/c1-25-20-19(21(29)26(2)23(25)30)27(13-15-7-5-4-6-8-15)22(24-20)32-14-18(28)16-9-11-17(31-3)12-10-16/h4-12H,13-14H2,1-3H3. The smallest absolute Gasteiger partial charge is 0.332 e. The van der Waals surface area contributed by atoms with Crippen LogP contribution in [0.25, 0.3) is 11.2 Å². The van der Waals surface area contributed by atoms with Gasteiger partial charge in [-0.15, -0.1) is 0 Å². The third-order valence-electron chi connectivity index (χ3n) is 5.24. The number of hydrogen-bond donors (Lipinski definition) is 0. The first kappa shape index (κ1) is 21.6. The zero-order chi connectivity index (χ0) is 22.8. The molecule has 2 heterocycles. The number of carbonyl (C=O) groups excluding carboxylic acids is 1. The maximum absolute atomic E-state index is 12.9. The van der Waals surface area contributed by atoms with Crippen molar-refractivity contribution in [3.05, 3.63) is 86.6 Å². The van der Waals surface area contributed by atoms with E-state index in [0.717, 1.165) is 10.1 Å². The van der Waals surface area contributed by atoms with E-state index in [0.29, 0.717) is 34.2 Å². The van der Waals surface area contributed by atoms with E-state index >= 15 is 0 Å². The van der Waals surface area contributed by atoms with Crippen molar-refractivity contribution in [2.24, 2.45) is 14.1 Å². The summed E-state index contributed by atoms with van der Waals surface area (Å²) in [5.74, 6) is 0.743. The predicted molar refractivity (Wildman–Crippen MR) is 124 cm³/mol. The summed E-state index contributed by atoms with van der Waals surface area (Å²) in [6, 6.07) is 16.6. The van der Waals surface area contributed by atoms with Gasteiger partial charge in [0, 0.05) is 19.7 Å². The molecule has 0 atom stereocenters. The lowest BCUT2D eigenvalue weighted by Crippen LogP contribution is -2.37. The van der Waals surface area contributed by atoms with E-state index in [9.17, 15) is 14.4 Å². The Morgan fingerprint density at radius 3 is 2.34 bits per heavy atom. The highest BCUT2D eigenvalue weighted by Gasteiger charge is 2.20. The fourth-order valence-corrected chi connectivity index (χ4v) is 4.33. The number of aryl methyl sites for hydroxylation is 1. The van der Waals surface area contributed by atoms with Crippen molar-refractivity contribution in [1.82, 2.24) is 18.7 Å². The van der Waals surface area contributed by atoms with E-state index in [1.54, 1.807) is 43.0 Å². The van der Waals surface area contributed by atoms with Gasteiger partial charge in [-0.1, -0.05) is 42.1 Å². The quantitative estimate of drug-likeness (QED) is 0.318. The number of hydrogen-bond acceptors (Lipinski definition) is 6. The monoisotopic (exact) mass is 450 g/mol. The first-order chi connectivity index (χ1) is 15.4. The molecule has 0 saturated heterocycles. The van der Waals surface area contributed by atoms with Crippen LogP contribution < -0.4 is 16.0 Å². The molecule has 0 bridgehead atoms. The van der Waals surface area contributed by atoms with E-state index in [1.165, 1.54) is 23.4 Å². The van der Waals surface area contributed by atoms with Crippen LogP contribution in [0.2, 0.25) is 0 Å². The molecule has 164 valence electrons. The van der Waals surface area contributed by atoms with Crippen molar-refractivity contribution in [1.29, 1.82) is 0 Å². The number of methoxy groups -OCH3 is 1. The highest BCUT2D eigenvalue weighted by molar-refractivity contribution is 7.99. The number of imidazole rings is 1. The van der Waals surface area contributed by atoms with Gasteiger partial charge in [0.25, 0.3) is 5.56 Å². The SMILES string of the molecule is COc1ccc(C(=O)CSc2nc3c(c(=O)n(C)c(=O)n3C)n2Cc2ccccc2)cc1. The van der Waals surface area contributed by atoms with Crippen LogP contribution in [0.3, 0.4) is 0 Å². The van der Waals surface area contributed by atoms with Crippen molar-refractivity contribution in [3.63, 3.8) is 0 Å². The summed E-state index contributed by atoms with van der Waals surface area (Å²) in [6.07, 6.45) is 0. The molecule has 2 aromatic carbocycles. The van der Waals surface area contributed by atoms with Crippen LogP contribution in [0, 0.1) is 0 Å². The number of thioether (sulfide) groups is 1. The van der Waals surface area contributed by atoms with E-state index in [-0.39, 0.29) is 11.5 Å². The molecule has 0 aliphatic carbocycles.